The van der Waals surface area contributed by atoms with Gasteiger partial charge in [-0.1, -0.05) is 53.6 Å². The average molecular weight is 425 g/mol. The zero-order valence-corrected chi connectivity index (χ0v) is 20.4. The van der Waals surface area contributed by atoms with Gasteiger partial charge in [0, 0.05) is 18.0 Å². The van der Waals surface area contributed by atoms with Crippen molar-refractivity contribution in [1.82, 2.24) is 10.2 Å². The van der Waals surface area contributed by atoms with Crippen molar-refractivity contribution in [3.63, 3.8) is 0 Å². The summed E-state index contributed by atoms with van der Waals surface area (Å²) in [4.78, 5) is 2.42. The molecule has 0 saturated heterocycles. The van der Waals surface area contributed by atoms with Gasteiger partial charge in [0.1, 0.15) is 0 Å². The molecule has 2 aliphatic rings. The molecule has 1 saturated carbocycles. The Morgan fingerprint density at radius 1 is 1.26 bits per heavy atom. The first-order valence-corrected chi connectivity index (χ1v) is 12.3. The summed E-state index contributed by atoms with van der Waals surface area (Å²) in [7, 11) is 2.21. The lowest BCUT2D eigenvalue weighted by Crippen LogP contribution is -2.39. The normalized spacial score (nSPS) is 26.1. The van der Waals surface area contributed by atoms with Crippen LogP contribution >= 0.6 is 0 Å². The molecule has 1 aromatic carbocycles. The van der Waals surface area contributed by atoms with Gasteiger partial charge in [0.15, 0.2) is 0 Å². The third-order valence-electron chi connectivity index (χ3n) is 7.33. The second-order valence-electron chi connectivity index (χ2n) is 10.8. The van der Waals surface area contributed by atoms with E-state index in [0.29, 0.717) is 17.8 Å². The van der Waals surface area contributed by atoms with Gasteiger partial charge >= 0.3 is 0 Å². The lowest BCUT2D eigenvalue weighted by atomic mass is 9.89. The molecule has 2 N–H and O–H groups in total. The zero-order valence-electron chi connectivity index (χ0n) is 20.4. The summed E-state index contributed by atoms with van der Waals surface area (Å²) in [5.41, 5.74) is 4.52. The smallest absolute Gasteiger partial charge is 0.0611 e. The van der Waals surface area contributed by atoms with Crippen LogP contribution in [-0.4, -0.2) is 48.3 Å². The maximum atomic E-state index is 10.6. The Kier molecular flexibility index (Phi) is 8.55. The molecule has 0 bridgehead atoms. The first-order chi connectivity index (χ1) is 14.7. The molecule has 0 amide bonds. The molecule has 2 aliphatic carbocycles. The fourth-order valence-electron chi connectivity index (χ4n) is 5.13. The van der Waals surface area contributed by atoms with Crippen molar-refractivity contribution in [2.45, 2.75) is 71.4 Å². The minimum absolute atomic E-state index is 0.177. The minimum Gasteiger partial charge on any atom is -0.392 e. The molecule has 4 atom stereocenters. The van der Waals surface area contributed by atoms with Crippen molar-refractivity contribution in [1.29, 1.82) is 0 Å². The summed E-state index contributed by atoms with van der Waals surface area (Å²) in [6.07, 6.45) is 12.3. The van der Waals surface area contributed by atoms with Crippen LogP contribution in [0.25, 0.3) is 0 Å². The number of allylic oxidation sites excluding steroid dienone is 2. The van der Waals surface area contributed by atoms with E-state index in [1.807, 2.05) is 0 Å². The first-order valence-electron chi connectivity index (χ1n) is 12.3. The number of hydrogen-bond acceptors (Lipinski definition) is 3. The topological polar surface area (TPSA) is 35.5 Å². The summed E-state index contributed by atoms with van der Waals surface area (Å²) >= 11 is 0. The summed E-state index contributed by atoms with van der Waals surface area (Å²) in [6, 6.07) is 8.78. The fraction of sp³-hybridized carbons (Fsp3) is 0.643. The number of aliphatic hydroxyl groups is 1. The number of nitrogens with zero attached hydrogens (tertiary/aromatic N) is 1. The Balaban J connectivity index is 1.38. The molecule has 1 aromatic rings. The highest BCUT2D eigenvalue weighted by Crippen LogP contribution is 2.47. The quantitative estimate of drug-likeness (QED) is 0.403. The van der Waals surface area contributed by atoms with Crippen molar-refractivity contribution in [2.75, 3.05) is 26.7 Å². The van der Waals surface area contributed by atoms with Crippen LogP contribution in [0.4, 0.5) is 0 Å². The lowest BCUT2D eigenvalue weighted by Gasteiger charge is -2.31. The second kappa shape index (κ2) is 10.9. The number of aryl methyl sites for hydroxylation is 2. The summed E-state index contributed by atoms with van der Waals surface area (Å²) in [5, 5.41) is 14.2. The summed E-state index contributed by atoms with van der Waals surface area (Å²) < 4.78 is 0. The SMILES string of the molecule is Cc1cccc(CC/C=C/[C@@H]2[C@H]3CC(CNCCCN(C)C(C)(C)C)=C[C@H]3C[C@H]2O)c1. The molecular weight excluding hydrogens is 380 g/mol. The van der Waals surface area contributed by atoms with E-state index in [1.165, 1.54) is 17.5 Å². The Labute approximate surface area is 190 Å². The molecule has 0 aliphatic heterocycles. The Morgan fingerprint density at radius 3 is 2.81 bits per heavy atom. The predicted octanol–water partition coefficient (Wildman–Crippen LogP) is 5.14. The number of nitrogens with one attached hydrogen (secondary N) is 1. The highest BCUT2D eigenvalue weighted by molar-refractivity contribution is 5.23. The first kappa shape index (κ1) is 24.2. The number of hydrogen-bond donors (Lipinski definition) is 2. The maximum absolute atomic E-state index is 10.6. The fourth-order valence-corrected chi connectivity index (χ4v) is 5.13. The maximum Gasteiger partial charge on any atom is 0.0611 e. The van der Waals surface area contributed by atoms with E-state index in [9.17, 15) is 5.11 Å². The van der Waals surface area contributed by atoms with Crippen LogP contribution < -0.4 is 5.32 Å². The lowest BCUT2D eigenvalue weighted by molar-refractivity contribution is 0.141. The third-order valence-corrected chi connectivity index (χ3v) is 7.33. The van der Waals surface area contributed by atoms with Crippen molar-refractivity contribution in [3.8, 4) is 0 Å². The van der Waals surface area contributed by atoms with Crippen LogP contribution in [0.3, 0.4) is 0 Å². The summed E-state index contributed by atoms with van der Waals surface area (Å²) in [6.45, 7) is 12.2. The molecule has 0 heterocycles. The molecule has 0 radical (unpaired) electrons. The van der Waals surface area contributed by atoms with Crippen LogP contribution in [0.5, 0.6) is 0 Å². The van der Waals surface area contributed by atoms with Gasteiger partial charge in [-0.15, -0.1) is 0 Å². The van der Waals surface area contributed by atoms with Gasteiger partial charge in [-0.05, 0) is 97.3 Å². The predicted molar refractivity (Wildman–Crippen MR) is 132 cm³/mol. The van der Waals surface area contributed by atoms with Crippen LogP contribution in [-0.2, 0) is 6.42 Å². The van der Waals surface area contributed by atoms with Crippen LogP contribution in [0.2, 0.25) is 0 Å². The molecule has 3 rings (SSSR count). The number of fused-ring (bicyclic) bond motifs is 1. The van der Waals surface area contributed by atoms with Crippen LogP contribution in [0, 0.1) is 24.7 Å². The van der Waals surface area contributed by atoms with Gasteiger partial charge in [-0.25, -0.2) is 0 Å². The van der Waals surface area contributed by atoms with E-state index >= 15 is 0 Å². The van der Waals surface area contributed by atoms with Gasteiger partial charge in [0.2, 0.25) is 0 Å². The van der Waals surface area contributed by atoms with Gasteiger partial charge in [-0.3, -0.25) is 0 Å². The number of benzene rings is 1. The van der Waals surface area contributed by atoms with Gasteiger partial charge in [0.25, 0.3) is 0 Å². The highest BCUT2D eigenvalue weighted by atomic mass is 16.3. The van der Waals surface area contributed by atoms with E-state index in [1.54, 1.807) is 5.57 Å². The van der Waals surface area contributed by atoms with Crippen molar-refractivity contribution >= 4 is 0 Å². The van der Waals surface area contributed by atoms with Crippen molar-refractivity contribution in [2.24, 2.45) is 17.8 Å². The van der Waals surface area contributed by atoms with Gasteiger partial charge < -0.3 is 15.3 Å². The van der Waals surface area contributed by atoms with E-state index in [4.69, 9.17) is 0 Å². The number of aliphatic hydroxyl groups excluding tert-OH is 1. The van der Waals surface area contributed by atoms with Gasteiger partial charge in [-0.2, -0.15) is 0 Å². The molecule has 0 aromatic heterocycles. The van der Waals surface area contributed by atoms with E-state index < -0.39 is 0 Å². The van der Waals surface area contributed by atoms with Crippen molar-refractivity contribution < 1.29 is 5.11 Å². The van der Waals surface area contributed by atoms with Crippen LogP contribution in [0.1, 0.15) is 57.6 Å². The Bertz CT molecular complexity index is 761. The van der Waals surface area contributed by atoms with E-state index in [-0.39, 0.29) is 11.6 Å². The largest absolute Gasteiger partial charge is 0.392 e. The molecule has 3 heteroatoms. The Hall–Kier alpha value is -1.42. The average Bonchev–Trinajstić information content (AvgIpc) is 3.21. The number of rotatable bonds is 10. The molecule has 1 fully saturated rings. The van der Waals surface area contributed by atoms with E-state index in [0.717, 1.165) is 45.3 Å². The summed E-state index contributed by atoms with van der Waals surface area (Å²) in [5.74, 6) is 1.47. The molecule has 3 nitrogen and oxygen atoms in total. The van der Waals surface area contributed by atoms with E-state index in [2.05, 4.69) is 87.5 Å². The third kappa shape index (κ3) is 7.03. The monoisotopic (exact) mass is 424 g/mol. The molecule has 31 heavy (non-hydrogen) atoms. The standard InChI is InChI=1S/C28H44N2O/c1-21-10-8-12-22(16-21)11-6-7-13-25-26-18-23(17-24(26)19-27(25)31)20-29-14-9-15-30(5)28(2,3)4/h7-8,10,12-13,16-17,24-27,29,31H,6,9,11,14-15,18-20H2,1-5H3/b13-7+/t24-,25+,26-,27+/m0/s1. The second-order valence-corrected chi connectivity index (χ2v) is 10.8. The molecule has 0 spiro atoms. The van der Waals surface area contributed by atoms with Crippen molar-refractivity contribution in [3.05, 3.63) is 59.2 Å². The molecule has 172 valence electrons. The van der Waals surface area contributed by atoms with Crippen LogP contribution in [0.15, 0.2) is 48.1 Å². The zero-order chi connectivity index (χ0) is 22.4. The molecular formula is C28H44N2O. The molecule has 0 unspecified atom stereocenters. The highest BCUT2D eigenvalue weighted by Gasteiger charge is 2.43. The minimum atomic E-state index is -0.177. The Morgan fingerprint density at radius 2 is 2.06 bits per heavy atom. The van der Waals surface area contributed by atoms with Gasteiger partial charge in [0.05, 0.1) is 6.10 Å².